The summed E-state index contributed by atoms with van der Waals surface area (Å²) in [5.74, 6) is -0.671. The predicted octanol–water partition coefficient (Wildman–Crippen LogP) is 0.648. The minimum absolute atomic E-state index is 0.0797. The van der Waals surface area contributed by atoms with E-state index in [1.807, 2.05) is 13.8 Å². The normalized spacial score (nSPS) is 18.6. The number of nitrogens with zero attached hydrogens (tertiary/aromatic N) is 1. The van der Waals surface area contributed by atoms with Gasteiger partial charge in [0.25, 0.3) is 0 Å². The van der Waals surface area contributed by atoms with Gasteiger partial charge in [0.05, 0.1) is 0 Å². The monoisotopic (exact) mass is 339 g/mol. The maximum absolute atomic E-state index is 12.1. The number of halogens is 3. The zero-order valence-corrected chi connectivity index (χ0v) is 12.9. The van der Waals surface area contributed by atoms with E-state index in [1.54, 1.807) is 0 Å². The number of carbonyl (C=O) groups excluding carboxylic acids is 3. The molecule has 0 spiro atoms. The van der Waals surface area contributed by atoms with Crippen molar-refractivity contribution in [3.8, 4) is 0 Å². The minimum Gasteiger partial charge on any atom is -0.440 e. The van der Waals surface area contributed by atoms with Gasteiger partial charge in [0.1, 0.15) is 6.04 Å². The van der Waals surface area contributed by atoms with Crippen LogP contribution in [0.5, 0.6) is 0 Å². The third-order valence-electron chi connectivity index (χ3n) is 3.18. The summed E-state index contributed by atoms with van der Waals surface area (Å²) in [6.45, 7) is 2.46. The molecule has 10 heteroatoms. The lowest BCUT2D eigenvalue weighted by Crippen LogP contribution is -2.59. The van der Waals surface area contributed by atoms with Gasteiger partial charge in [-0.3, -0.25) is 9.59 Å². The van der Waals surface area contributed by atoms with E-state index in [9.17, 15) is 27.6 Å². The molecule has 1 fully saturated rings. The quantitative estimate of drug-likeness (QED) is 0.770. The average Bonchev–Trinajstić information content (AvgIpc) is 2.43. The summed E-state index contributed by atoms with van der Waals surface area (Å²) in [6, 6.07) is -0.589. The Kier molecular flexibility index (Phi) is 6.64. The number of rotatable bonds is 5. The first-order chi connectivity index (χ1) is 10.6. The molecule has 7 nitrogen and oxygen atoms in total. The Bertz CT molecular complexity index is 454. The molecule has 1 rings (SSSR count). The first kappa shape index (κ1) is 19.0. The maximum Gasteiger partial charge on any atom is 0.422 e. The second kappa shape index (κ2) is 8.02. The van der Waals surface area contributed by atoms with Crippen molar-refractivity contribution < 1.29 is 32.3 Å². The van der Waals surface area contributed by atoms with Crippen LogP contribution >= 0.6 is 0 Å². The second-order valence-electron chi connectivity index (χ2n) is 5.44. The van der Waals surface area contributed by atoms with Crippen LogP contribution in [0.15, 0.2) is 0 Å². The molecule has 0 saturated carbocycles. The molecule has 23 heavy (non-hydrogen) atoms. The Hall–Kier alpha value is -2.00. The number of hydrogen-bond acceptors (Lipinski definition) is 4. The van der Waals surface area contributed by atoms with Crippen LogP contribution < -0.4 is 10.6 Å². The van der Waals surface area contributed by atoms with Crippen molar-refractivity contribution in [1.29, 1.82) is 0 Å². The van der Waals surface area contributed by atoms with E-state index in [1.165, 1.54) is 4.90 Å². The highest BCUT2D eigenvalue weighted by molar-refractivity contribution is 5.89. The zero-order chi connectivity index (χ0) is 17.6. The van der Waals surface area contributed by atoms with Crippen molar-refractivity contribution in [2.75, 3.05) is 26.2 Å². The Balaban J connectivity index is 2.40. The van der Waals surface area contributed by atoms with Gasteiger partial charge in [-0.1, -0.05) is 13.8 Å². The number of hydrogen-bond donors (Lipinski definition) is 2. The minimum atomic E-state index is -4.60. The van der Waals surface area contributed by atoms with E-state index in [2.05, 4.69) is 15.4 Å². The van der Waals surface area contributed by atoms with Crippen LogP contribution in [0, 0.1) is 5.92 Å². The molecule has 0 aromatic rings. The summed E-state index contributed by atoms with van der Waals surface area (Å²) >= 11 is 0. The molecule has 0 aromatic carbocycles. The third kappa shape index (κ3) is 6.33. The molecule has 0 bridgehead atoms. The van der Waals surface area contributed by atoms with Crippen molar-refractivity contribution >= 4 is 17.9 Å². The number of alkyl carbamates (subject to hydrolysis) is 1. The van der Waals surface area contributed by atoms with E-state index in [4.69, 9.17) is 0 Å². The van der Waals surface area contributed by atoms with Crippen molar-refractivity contribution in [2.24, 2.45) is 5.92 Å². The van der Waals surface area contributed by atoms with E-state index in [-0.39, 0.29) is 30.7 Å². The first-order valence-electron chi connectivity index (χ1n) is 7.16. The highest BCUT2D eigenvalue weighted by Gasteiger charge is 2.35. The summed E-state index contributed by atoms with van der Waals surface area (Å²) in [5, 5.41) is 4.75. The topological polar surface area (TPSA) is 87.7 Å². The Morgan fingerprint density at radius 2 is 2.09 bits per heavy atom. The predicted molar refractivity (Wildman–Crippen MR) is 73.4 cm³/mol. The number of carbonyl (C=O) groups is 3. The maximum atomic E-state index is 12.1. The van der Waals surface area contributed by atoms with Crippen LogP contribution in [0.1, 0.15) is 20.3 Å². The molecular formula is C13H20F3N3O4. The van der Waals surface area contributed by atoms with E-state index < -0.39 is 24.9 Å². The highest BCUT2D eigenvalue weighted by Crippen LogP contribution is 2.15. The van der Waals surface area contributed by atoms with Crippen LogP contribution in [0.3, 0.4) is 0 Å². The third-order valence-corrected chi connectivity index (χ3v) is 3.18. The van der Waals surface area contributed by atoms with E-state index >= 15 is 0 Å². The largest absolute Gasteiger partial charge is 0.440 e. The van der Waals surface area contributed by atoms with Gasteiger partial charge in [-0.2, -0.15) is 13.2 Å². The summed E-state index contributed by atoms with van der Waals surface area (Å²) in [5.41, 5.74) is 0. The summed E-state index contributed by atoms with van der Waals surface area (Å²) in [4.78, 5) is 36.4. The summed E-state index contributed by atoms with van der Waals surface area (Å²) < 4.78 is 39.5. The number of nitrogens with one attached hydrogen (secondary N) is 2. The fourth-order valence-electron chi connectivity index (χ4n) is 2.24. The molecule has 0 radical (unpaired) electrons. The molecule has 1 aliphatic heterocycles. The van der Waals surface area contributed by atoms with Crippen molar-refractivity contribution in [3.05, 3.63) is 0 Å². The van der Waals surface area contributed by atoms with E-state index in [0.717, 1.165) is 0 Å². The SMILES string of the molecule is CC(C)C1C(=O)NCCN1C(=O)CCNC(=O)OCC(F)(F)F. The molecule has 2 N–H and O–H groups in total. The van der Waals surface area contributed by atoms with Crippen molar-refractivity contribution in [2.45, 2.75) is 32.5 Å². The molecule has 1 atom stereocenters. The van der Waals surface area contributed by atoms with Gasteiger partial charge in [0.15, 0.2) is 6.61 Å². The van der Waals surface area contributed by atoms with Gasteiger partial charge in [-0.25, -0.2) is 4.79 Å². The smallest absolute Gasteiger partial charge is 0.422 e. The van der Waals surface area contributed by atoms with Crippen molar-refractivity contribution in [3.63, 3.8) is 0 Å². The Labute approximate surface area is 131 Å². The molecule has 0 aromatic heterocycles. The standard InChI is InChI=1S/C13H20F3N3O4/c1-8(2)10-11(21)17-5-6-19(10)9(20)3-4-18-12(22)23-7-13(14,15)16/h8,10H,3-7H2,1-2H3,(H,17,21)(H,18,22). The van der Waals surface area contributed by atoms with Crippen LogP contribution in [0.2, 0.25) is 0 Å². The molecular weight excluding hydrogens is 319 g/mol. The second-order valence-corrected chi connectivity index (χ2v) is 5.44. The highest BCUT2D eigenvalue weighted by atomic mass is 19.4. The molecule has 3 amide bonds. The molecule has 1 unspecified atom stereocenters. The van der Waals surface area contributed by atoms with Gasteiger partial charge >= 0.3 is 12.3 Å². The fourth-order valence-corrected chi connectivity index (χ4v) is 2.24. The lowest BCUT2D eigenvalue weighted by molar-refractivity contribution is -0.160. The summed E-state index contributed by atoms with van der Waals surface area (Å²) in [6.07, 6.45) is -5.97. The van der Waals surface area contributed by atoms with Crippen LogP contribution in [0.25, 0.3) is 0 Å². The number of amides is 3. The molecule has 1 saturated heterocycles. The zero-order valence-electron chi connectivity index (χ0n) is 12.9. The van der Waals surface area contributed by atoms with Gasteiger partial charge < -0.3 is 20.3 Å². The van der Waals surface area contributed by atoms with Crippen LogP contribution in [-0.2, 0) is 14.3 Å². The first-order valence-corrected chi connectivity index (χ1v) is 7.16. The molecule has 132 valence electrons. The van der Waals surface area contributed by atoms with Gasteiger partial charge in [0, 0.05) is 26.1 Å². The molecule has 1 heterocycles. The van der Waals surface area contributed by atoms with Crippen LogP contribution in [0.4, 0.5) is 18.0 Å². The Morgan fingerprint density at radius 3 is 2.65 bits per heavy atom. The fraction of sp³-hybridized carbons (Fsp3) is 0.769. The van der Waals surface area contributed by atoms with Gasteiger partial charge in [-0.15, -0.1) is 0 Å². The number of piperazine rings is 1. The van der Waals surface area contributed by atoms with Gasteiger partial charge in [0.2, 0.25) is 11.8 Å². The lowest BCUT2D eigenvalue weighted by Gasteiger charge is -2.37. The molecule has 1 aliphatic rings. The number of alkyl halides is 3. The average molecular weight is 339 g/mol. The Morgan fingerprint density at radius 1 is 1.43 bits per heavy atom. The van der Waals surface area contributed by atoms with E-state index in [0.29, 0.717) is 13.1 Å². The van der Waals surface area contributed by atoms with Gasteiger partial charge in [-0.05, 0) is 5.92 Å². The van der Waals surface area contributed by atoms with Crippen molar-refractivity contribution in [1.82, 2.24) is 15.5 Å². The lowest BCUT2D eigenvalue weighted by atomic mass is 9.99. The number of ether oxygens (including phenoxy) is 1. The van der Waals surface area contributed by atoms with Crippen LogP contribution in [-0.4, -0.2) is 61.3 Å². The molecule has 0 aliphatic carbocycles. The summed E-state index contributed by atoms with van der Waals surface area (Å²) in [7, 11) is 0.